The normalized spacial score (nSPS) is 11.7. The molecule has 0 radical (unpaired) electrons. The van der Waals surface area contributed by atoms with Crippen molar-refractivity contribution in [2.75, 3.05) is 14.2 Å². The summed E-state index contributed by atoms with van der Waals surface area (Å²) in [4.78, 5) is 28.5. The third-order valence-electron chi connectivity index (χ3n) is 6.27. The summed E-state index contributed by atoms with van der Waals surface area (Å²) < 4.78 is 16.1. The summed E-state index contributed by atoms with van der Waals surface area (Å²) in [6.45, 7) is 9.78. The van der Waals surface area contributed by atoms with Crippen LogP contribution in [0, 0.1) is 20.8 Å². The van der Waals surface area contributed by atoms with Gasteiger partial charge in [0.2, 0.25) is 0 Å². The first-order chi connectivity index (χ1) is 16.7. The highest BCUT2D eigenvalue weighted by molar-refractivity contribution is 6.14. The molecule has 35 heavy (non-hydrogen) atoms. The molecule has 0 aliphatic carbocycles. The van der Waals surface area contributed by atoms with E-state index in [1.54, 1.807) is 13.2 Å². The molecule has 0 fully saturated rings. The Morgan fingerprint density at radius 2 is 1.80 bits per heavy atom. The van der Waals surface area contributed by atoms with E-state index in [9.17, 15) is 4.79 Å². The zero-order valence-electron chi connectivity index (χ0n) is 20.8. The van der Waals surface area contributed by atoms with Gasteiger partial charge in [0.25, 0.3) is 0 Å². The fraction of sp³-hybridized carbons (Fsp3) is 0.308. The minimum absolute atomic E-state index is 0.125. The molecule has 2 N–H and O–H groups in total. The number of carbonyl (C=O) groups excluding carboxylic acids is 1. The fourth-order valence-electron chi connectivity index (χ4n) is 4.70. The third-order valence-corrected chi connectivity index (χ3v) is 6.27. The minimum Gasteiger partial charge on any atom is -0.496 e. The number of carbonyl (C=O) groups is 1. The highest BCUT2D eigenvalue weighted by atomic mass is 16.5. The Hall–Kier alpha value is -4.14. The van der Waals surface area contributed by atoms with Crippen molar-refractivity contribution in [2.24, 2.45) is 0 Å². The number of ether oxygens (including phenoxy) is 2. The molecule has 5 rings (SSSR count). The number of aryl methyl sites for hydroxylation is 3. The van der Waals surface area contributed by atoms with Gasteiger partial charge in [0.05, 0.1) is 36.6 Å². The van der Waals surface area contributed by atoms with Crippen molar-refractivity contribution in [2.45, 2.75) is 40.5 Å². The minimum atomic E-state index is -0.426. The van der Waals surface area contributed by atoms with Gasteiger partial charge in [-0.3, -0.25) is 0 Å². The lowest BCUT2D eigenvalue weighted by atomic mass is 9.98. The molecule has 180 valence electrons. The molecule has 5 aromatic rings. The largest absolute Gasteiger partial charge is 0.496 e. The van der Waals surface area contributed by atoms with Gasteiger partial charge in [-0.05, 0) is 44.9 Å². The summed E-state index contributed by atoms with van der Waals surface area (Å²) in [5, 5.41) is 5.87. The number of methoxy groups -OCH3 is 2. The Balaban J connectivity index is 1.84. The Morgan fingerprint density at radius 3 is 2.43 bits per heavy atom. The highest BCUT2D eigenvalue weighted by Gasteiger charge is 2.24. The Bertz CT molecular complexity index is 1590. The summed E-state index contributed by atoms with van der Waals surface area (Å²) in [6.07, 6.45) is 0. The molecular weight excluding hydrogens is 446 g/mol. The van der Waals surface area contributed by atoms with Crippen molar-refractivity contribution in [3.8, 4) is 28.1 Å². The van der Waals surface area contributed by atoms with Crippen molar-refractivity contribution in [1.82, 2.24) is 25.1 Å². The molecule has 0 amide bonds. The van der Waals surface area contributed by atoms with E-state index < -0.39 is 5.97 Å². The van der Waals surface area contributed by atoms with Crippen molar-refractivity contribution in [1.29, 1.82) is 0 Å². The average Bonchev–Trinajstić information content (AvgIpc) is 3.51. The Kier molecular flexibility index (Phi) is 5.35. The summed E-state index contributed by atoms with van der Waals surface area (Å²) in [6, 6.07) is 5.82. The van der Waals surface area contributed by atoms with Crippen LogP contribution in [0.3, 0.4) is 0 Å². The first kappa shape index (κ1) is 22.6. The maximum absolute atomic E-state index is 12.3. The van der Waals surface area contributed by atoms with Crippen LogP contribution in [0.2, 0.25) is 0 Å². The van der Waals surface area contributed by atoms with E-state index >= 15 is 0 Å². The van der Waals surface area contributed by atoms with E-state index in [4.69, 9.17) is 19.0 Å². The molecule has 0 aliphatic heterocycles. The summed E-state index contributed by atoms with van der Waals surface area (Å²) >= 11 is 0. The molecule has 9 heteroatoms. The van der Waals surface area contributed by atoms with Gasteiger partial charge >= 0.3 is 5.97 Å². The number of hydrogen-bond acceptors (Lipinski definition) is 7. The number of H-pyrrole nitrogens is 2. The Morgan fingerprint density at radius 1 is 1.03 bits per heavy atom. The smallest absolute Gasteiger partial charge is 0.354 e. The second-order valence-electron chi connectivity index (χ2n) is 8.92. The summed E-state index contributed by atoms with van der Waals surface area (Å²) in [5.41, 5.74) is 7.02. The second kappa shape index (κ2) is 8.26. The van der Waals surface area contributed by atoms with Crippen molar-refractivity contribution >= 4 is 27.9 Å². The standard InChI is InChI=1S/C26H27N5O4/c1-11(2)23-17(9-19(29-23)26(32)34-7)24-22-15-10-20(33-6)16(21-12(3)31-35-13(21)4)8-18(15)30-25(22)28-14(5)27-24/h8-11,29H,1-7H3,(H,27,28,30). The van der Waals surface area contributed by atoms with E-state index in [0.717, 1.165) is 55.8 Å². The number of aromatic nitrogens is 5. The third kappa shape index (κ3) is 3.54. The monoisotopic (exact) mass is 473 g/mol. The molecule has 4 aromatic heterocycles. The van der Waals surface area contributed by atoms with Crippen molar-refractivity contribution in [3.63, 3.8) is 0 Å². The lowest BCUT2D eigenvalue weighted by molar-refractivity contribution is 0.0594. The van der Waals surface area contributed by atoms with Gasteiger partial charge in [0.1, 0.15) is 28.7 Å². The highest BCUT2D eigenvalue weighted by Crippen LogP contribution is 2.42. The van der Waals surface area contributed by atoms with E-state index in [2.05, 4.69) is 34.0 Å². The van der Waals surface area contributed by atoms with Crippen molar-refractivity contribution in [3.05, 3.63) is 46.9 Å². The number of esters is 1. The van der Waals surface area contributed by atoms with Gasteiger partial charge in [-0.2, -0.15) is 0 Å². The molecule has 0 saturated carbocycles. The summed E-state index contributed by atoms with van der Waals surface area (Å²) in [5.74, 6) is 1.72. The number of nitrogens with zero attached hydrogens (tertiary/aromatic N) is 3. The van der Waals surface area contributed by atoms with Crippen LogP contribution in [-0.2, 0) is 4.74 Å². The van der Waals surface area contributed by atoms with E-state index in [-0.39, 0.29) is 5.92 Å². The van der Waals surface area contributed by atoms with Gasteiger partial charge < -0.3 is 24.0 Å². The molecule has 1 aromatic carbocycles. The second-order valence-corrected chi connectivity index (χ2v) is 8.92. The van der Waals surface area contributed by atoms with Crippen molar-refractivity contribution < 1.29 is 18.8 Å². The molecule has 0 aliphatic rings. The summed E-state index contributed by atoms with van der Waals surface area (Å²) in [7, 11) is 3.01. The molecule has 0 unspecified atom stereocenters. The van der Waals surface area contributed by atoms with E-state index in [1.807, 2.05) is 32.9 Å². The van der Waals surface area contributed by atoms with Gasteiger partial charge in [0, 0.05) is 27.7 Å². The first-order valence-electron chi connectivity index (χ1n) is 11.4. The van der Waals surface area contributed by atoms with E-state index in [0.29, 0.717) is 22.9 Å². The zero-order chi connectivity index (χ0) is 25.0. The first-order valence-corrected chi connectivity index (χ1v) is 11.4. The molecule has 4 heterocycles. The van der Waals surface area contributed by atoms with Crippen LogP contribution < -0.4 is 4.74 Å². The van der Waals surface area contributed by atoms with E-state index in [1.165, 1.54) is 7.11 Å². The lowest BCUT2D eigenvalue weighted by Crippen LogP contribution is -2.01. The molecule has 0 saturated heterocycles. The molecular formula is C26H27N5O4. The van der Waals surface area contributed by atoms with Crippen LogP contribution in [0.15, 0.2) is 22.7 Å². The number of rotatable bonds is 5. The van der Waals surface area contributed by atoms with Crippen LogP contribution in [0.4, 0.5) is 0 Å². The number of nitrogens with one attached hydrogen (secondary N) is 2. The maximum atomic E-state index is 12.3. The van der Waals surface area contributed by atoms with Gasteiger partial charge in [-0.25, -0.2) is 14.8 Å². The topological polar surface area (TPSA) is 119 Å². The molecule has 0 bridgehead atoms. The number of hydrogen-bond donors (Lipinski definition) is 2. The fourth-order valence-corrected chi connectivity index (χ4v) is 4.70. The zero-order valence-corrected chi connectivity index (χ0v) is 20.8. The Labute approximate surface area is 201 Å². The van der Waals surface area contributed by atoms with Crippen LogP contribution in [0.1, 0.15) is 53.2 Å². The number of aromatic amines is 2. The predicted octanol–water partition coefficient (Wildman–Crippen LogP) is 5.61. The van der Waals surface area contributed by atoms with Gasteiger partial charge in [-0.1, -0.05) is 19.0 Å². The maximum Gasteiger partial charge on any atom is 0.354 e. The molecule has 9 nitrogen and oxygen atoms in total. The van der Waals surface area contributed by atoms with Crippen LogP contribution in [0.5, 0.6) is 5.75 Å². The SMILES string of the molecule is COC(=O)c1cc(-c2nc(C)nc3[nH]c4cc(-c5c(C)noc5C)c(OC)cc4c23)c(C(C)C)[nH]1. The number of fused-ring (bicyclic) bond motifs is 3. The van der Waals surface area contributed by atoms with Crippen LogP contribution in [-0.4, -0.2) is 45.3 Å². The predicted molar refractivity (Wildman–Crippen MR) is 133 cm³/mol. The van der Waals surface area contributed by atoms with Crippen LogP contribution >= 0.6 is 0 Å². The lowest BCUT2D eigenvalue weighted by Gasteiger charge is -2.10. The number of benzene rings is 1. The quantitative estimate of drug-likeness (QED) is 0.319. The van der Waals surface area contributed by atoms with Gasteiger partial charge in [0.15, 0.2) is 0 Å². The van der Waals surface area contributed by atoms with Crippen LogP contribution in [0.25, 0.3) is 44.3 Å². The average molecular weight is 474 g/mol. The molecule has 0 spiro atoms. The molecule has 0 atom stereocenters. The van der Waals surface area contributed by atoms with Gasteiger partial charge in [-0.15, -0.1) is 0 Å².